The summed E-state index contributed by atoms with van der Waals surface area (Å²) in [4.78, 5) is 35.8. The molecule has 4 heterocycles. The molecule has 0 amide bonds. The minimum absolute atomic E-state index is 0.0919. The van der Waals surface area contributed by atoms with E-state index in [0.29, 0.717) is 12.8 Å². The molecule has 0 aliphatic carbocycles. The zero-order valence-corrected chi connectivity index (χ0v) is 28.5. The molecule has 2 saturated heterocycles. The van der Waals surface area contributed by atoms with Crippen LogP contribution in [0.25, 0.3) is 0 Å². The second-order valence-electron chi connectivity index (χ2n) is 12.9. The Kier molecular flexibility index (Phi) is 17.7. The molecule has 11 atom stereocenters. The monoisotopic (exact) mass is 688 g/mol. The number of aliphatic hydroxyl groups is 4. The van der Waals surface area contributed by atoms with E-state index in [1.807, 2.05) is 6.92 Å². The first-order valence-corrected chi connectivity index (χ1v) is 17.4. The molecule has 0 saturated carbocycles. The minimum Gasteiger partial charge on any atom is -0.463 e. The van der Waals surface area contributed by atoms with Crippen LogP contribution >= 0.6 is 0 Å². The number of fused-ring (bicyclic) bond motifs is 19. The van der Waals surface area contributed by atoms with E-state index in [4.69, 9.17) is 33.2 Å². The second kappa shape index (κ2) is 21.1. The van der Waals surface area contributed by atoms with E-state index in [2.05, 4.69) is 12.2 Å². The SMILES string of the molecule is CC(=O)OC[C@H]1O[C@@H]2OC(C)CCCCCC/C=C\CCCCCCCC(=O)O[C@H]3[C@H](O)[C@@H](O)[C@H](O[C@@H]2[C@@H](O)[C@@H]1O)O[C@@H]3COC(C)=O. The highest BCUT2D eigenvalue weighted by Crippen LogP contribution is 2.32. The highest BCUT2D eigenvalue weighted by molar-refractivity contribution is 5.69. The summed E-state index contributed by atoms with van der Waals surface area (Å²) in [5.74, 6) is -1.86. The summed E-state index contributed by atoms with van der Waals surface area (Å²) in [7, 11) is 0. The maximum atomic E-state index is 12.7. The minimum atomic E-state index is -1.79. The Morgan fingerprint density at radius 3 is 1.85 bits per heavy atom. The van der Waals surface area contributed by atoms with E-state index < -0.39 is 85.9 Å². The summed E-state index contributed by atoms with van der Waals surface area (Å²) in [5, 5.41) is 44.2. The standard InChI is InChI=1S/C34H56O14/c1-21-17-15-13-11-9-7-5-4-6-8-10-12-14-16-18-26(37)47-31-25(20-43-23(3)36)46-33(30(41)29(31)40)48-32-28(39)27(38)24(19-42-22(2)35)45-34(32)44-21/h4-5,21,24-25,27-34,38-41H,6-20H2,1-3H3/b5-4-/t21?,24-,25-,27-,28+,29-,30-,31-,32-,33+,34+/m1/s1. The van der Waals surface area contributed by atoms with E-state index >= 15 is 0 Å². The molecule has 276 valence electrons. The first-order chi connectivity index (χ1) is 23.0. The second-order valence-corrected chi connectivity index (χ2v) is 12.9. The number of rotatable bonds is 4. The van der Waals surface area contributed by atoms with Crippen LogP contribution in [0.15, 0.2) is 12.2 Å². The van der Waals surface area contributed by atoms with Gasteiger partial charge in [-0.05, 0) is 45.4 Å². The Labute approximate surface area is 283 Å². The molecule has 1 unspecified atom stereocenters. The fourth-order valence-electron chi connectivity index (χ4n) is 6.00. The Morgan fingerprint density at radius 1 is 0.667 bits per heavy atom. The lowest BCUT2D eigenvalue weighted by atomic mass is 9.97. The number of esters is 3. The van der Waals surface area contributed by atoms with Crippen LogP contribution in [0.3, 0.4) is 0 Å². The highest BCUT2D eigenvalue weighted by Gasteiger charge is 2.53. The van der Waals surface area contributed by atoms with Crippen LogP contribution in [0.5, 0.6) is 0 Å². The van der Waals surface area contributed by atoms with Crippen LogP contribution in [0, 0.1) is 0 Å². The van der Waals surface area contributed by atoms with E-state index in [1.54, 1.807) is 0 Å². The summed E-state index contributed by atoms with van der Waals surface area (Å²) in [6.07, 6.45) is 0.483. The van der Waals surface area contributed by atoms with Crippen LogP contribution in [0.4, 0.5) is 0 Å². The van der Waals surface area contributed by atoms with Crippen LogP contribution in [-0.4, -0.2) is 119 Å². The molecule has 0 radical (unpaired) electrons. The number of carbonyl (C=O) groups excluding carboxylic acids is 3. The predicted molar refractivity (Wildman–Crippen MR) is 169 cm³/mol. The van der Waals surface area contributed by atoms with Gasteiger partial charge in [-0.2, -0.15) is 0 Å². The van der Waals surface area contributed by atoms with Crippen molar-refractivity contribution in [1.29, 1.82) is 0 Å². The van der Waals surface area contributed by atoms with Gasteiger partial charge in [0.1, 0.15) is 55.9 Å². The van der Waals surface area contributed by atoms with Gasteiger partial charge >= 0.3 is 17.9 Å². The lowest BCUT2D eigenvalue weighted by Crippen LogP contribution is -2.65. The van der Waals surface area contributed by atoms with Crippen molar-refractivity contribution in [3.63, 3.8) is 0 Å². The summed E-state index contributed by atoms with van der Waals surface area (Å²) in [5.41, 5.74) is 0. The maximum Gasteiger partial charge on any atom is 0.306 e. The molecular formula is C34H56O14. The van der Waals surface area contributed by atoms with Crippen LogP contribution in [0.2, 0.25) is 0 Å². The summed E-state index contributed by atoms with van der Waals surface area (Å²) >= 11 is 0. The van der Waals surface area contributed by atoms with Gasteiger partial charge in [-0.25, -0.2) is 0 Å². The predicted octanol–water partition coefficient (Wildman–Crippen LogP) is 2.35. The van der Waals surface area contributed by atoms with Gasteiger partial charge in [0.05, 0.1) is 6.10 Å². The van der Waals surface area contributed by atoms with Gasteiger partial charge in [0.15, 0.2) is 18.7 Å². The van der Waals surface area contributed by atoms with Crippen molar-refractivity contribution in [2.24, 2.45) is 0 Å². The highest BCUT2D eigenvalue weighted by atomic mass is 16.8. The first kappa shape index (κ1) is 40.3. The number of carbonyl (C=O) groups is 3. The third-order valence-electron chi connectivity index (χ3n) is 8.76. The van der Waals surface area contributed by atoms with Crippen molar-refractivity contribution in [3.05, 3.63) is 12.2 Å². The quantitative estimate of drug-likeness (QED) is 0.191. The molecule has 4 aliphatic rings. The lowest BCUT2D eigenvalue weighted by molar-refractivity contribution is -0.371. The zero-order chi connectivity index (χ0) is 35.1. The van der Waals surface area contributed by atoms with Gasteiger partial charge in [0.25, 0.3) is 0 Å². The Balaban J connectivity index is 1.81. The van der Waals surface area contributed by atoms with Crippen molar-refractivity contribution in [2.45, 2.75) is 172 Å². The van der Waals surface area contributed by atoms with Crippen LogP contribution in [-0.2, 0) is 47.5 Å². The van der Waals surface area contributed by atoms with Crippen molar-refractivity contribution in [2.75, 3.05) is 13.2 Å². The molecule has 0 spiro atoms. The van der Waals surface area contributed by atoms with Crippen molar-refractivity contribution in [1.82, 2.24) is 0 Å². The molecular weight excluding hydrogens is 632 g/mol. The normalized spacial score (nSPS) is 37.8. The van der Waals surface area contributed by atoms with Gasteiger partial charge in [-0.1, -0.05) is 50.7 Å². The first-order valence-electron chi connectivity index (χ1n) is 17.4. The van der Waals surface area contributed by atoms with Crippen molar-refractivity contribution in [3.8, 4) is 0 Å². The number of ether oxygens (including phenoxy) is 7. The summed E-state index contributed by atoms with van der Waals surface area (Å²) in [6, 6.07) is 0. The molecule has 14 nitrogen and oxygen atoms in total. The largest absolute Gasteiger partial charge is 0.463 e. The number of allylic oxidation sites excluding steroid dienone is 2. The van der Waals surface area contributed by atoms with E-state index in [-0.39, 0.29) is 19.1 Å². The number of aliphatic hydroxyl groups excluding tert-OH is 4. The topological polar surface area (TPSA) is 197 Å². The molecule has 48 heavy (non-hydrogen) atoms. The Bertz CT molecular complexity index is 1010. The lowest BCUT2D eigenvalue weighted by Gasteiger charge is -2.47. The smallest absolute Gasteiger partial charge is 0.306 e. The molecule has 14 heteroatoms. The van der Waals surface area contributed by atoms with Crippen molar-refractivity contribution < 1.29 is 68.0 Å². The molecule has 0 aromatic rings. The Hall–Kier alpha value is -2.17. The molecule has 2 fully saturated rings. The molecule has 0 aromatic carbocycles. The third kappa shape index (κ3) is 13.3. The van der Waals surface area contributed by atoms with Gasteiger partial charge < -0.3 is 53.6 Å². The molecule has 4 N–H and O–H groups in total. The molecule has 0 aromatic heterocycles. The third-order valence-corrected chi connectivity index (χ3v) is 8.76. The zero-order valence-electron chi connectivity index (χ0n) is 28.5. The van der Waals surface area contributed by atoms with Gasteiger partial charge in [0.2, 0.25) is 0 Å². The van der Waals surface area contributed by atoms with E-state index in [0.717, 1.165) is 64.2 Å². The average Bonchev–Trinajstić information content (AvgIpc) is 3.03. The summed E-state index contributed by atoms with van der Waals surface area (Å²) < 4.78 is 39.6. The van der Waals surface area contributed by atoms with E-state index in [9.17, 15) is 34.8 Å². The van der Waals surface area contributed by atoms with Crippen LogP contribution in [0.1, 0.15) is 104 Å². The number of hydrogen-bond acceptors (Lipinski definition) is 14. The maximum absolute atomic E-state index is 12.7. The van der Waals surface area contributed by atoms with Gasteiger partial charge in [0, 0.05) is 20.3 Å². The Morgan fingerprint density at radius 2 is 1.21 bits per heavy atom. The van der Waals surface area contributed by atoms with E-state index in [1.165, 1.54) is 13.8 Å². The number of hydrogen-bond donors (Lipinski definition) is 4. The molecule has 4 rings (SSSR count). The fraction of sp³-hybridized carbons (Fsp3) is 0.853. The molecule has 2 bridgehead atoms. The van der Waals surface area contributed by atoms with Crippen LogP contribution < -0.4 is 0 Å². The molecule has 4 aliphatic heterocycles. The average molecular weight is 689 g/mol. The van der Waals surface area contributed by atoms with Gasteiger partial charge in [-0.3, -0.25) is 14.4 Å². The fourth-order valence-corrected chi connectivity index (χ4v) is 6.00. The van der Waals surface area contributed by atoms with Gasteiger partial charge in [-0.15, -0.1) is 0 Å². The summed E-state index contributed by atoms with van der Waals surface area (Å²) in [6.45, 7) is 3.42. The van der Waals surface area contributed by atoms with Crippen molar-refractivity contribution >= 4 is 17.9 Å².